The zero-order chi connectivity index (χ0) is 13.1. The summed E-state index contributed by atoms with van der Waals surface area (Å²) in [5.74, 6) is -0.755. The molecule has 1 aromatic rings. The van der Waals surface area contributed by atoms with E-state index in [0.717, 1.165) is 11.1 Å². The second-order valence-corrected chi connectivity index (χ2v) is 5.27. The van der Waals surface area contributed by atoms with Crippen LogP contribution in [0.3, 0.4) is 0 Å². The lowest BCUT2D eigenvalue weighted by molar-refractivity contribution is -0.146. The maximum Gasteiger partial charge on any atom is 0.309 e. The minimum Gasteiger partial charge on any atom is -0.481 e. The molecule has 0 heterocycles. The SMILES string of the molecule is CC(=Cc1ccc(C)cc1)CC(C)(C)C(=O)O. The van der Waals surface area contributed by atoms with Gasteiger partial charge in [-0.05, 0) is 39.7 Å². The fourth-order valence-corrected chi connectivity index (χ4v) is 1.77. The first-order chi connectivity index (χ1) is 7.81. The molecule has 0 aliphatic carbocycles. The number of allylic oxidation sites excluding steroid dienone is 1. The van der Waals surface area contributed by atoms with Crippen molar-refractivity contribution < 1.29 is 9.90 Å². The Morgan fingerprint density at radius 1 is 1.29 bits per heavy atom. The Balaban J connectivity index is 2.80. The van der Waals surface area contributed by atoms with E-state index in [1.807, 2.05) is 32.1 Å². The van der Waals surface area contributed by atoms with Gasteiger partial charge in [-0.25, -0.2) is 0 Å². The predicted molar refractivity (Wildman–Crippen MR) is 70.9 cm³/mol. The van der Waals surface area contributed by atoms with Gasteiger partial charge in [0.1, 0.15) is 0 Å². The van der Waals surface area contributed by atoms with Crippen LogP contribution in [-0.4, -0.2) is 11.1 Å². The van der Waals surface area contributed by atoms with Crippen molar-refractivity contribution in [3.63, 3.8) is 0 Å². The molecule has 2 nitrogen and oxygen atoms in total. The molecule has 1 aromatic carbocycles. The van der Waals surface area contributed by atoms with E-state index >= 15 is 0 Å². The minimum atomic E-state index is -0.755. The molecule has 2 heteroatoms. The lowest BCUT2D eigenvalue weighted by Crippen LogP contribution is -2.23. The largest absolute Gasteiger partial charge is 0.481 e. The number of hydrogen-bond acceptors (Lipinski definition) is 1. The summed E-state index contributed by atoms with van der Waals surface area (Å²) < 4.78 is 0. The number of hydrogen-bond donors (Lipinski definition) is 1. The number of benzene rings is 1. The van der Waals surface area contributed by atoms with E-state index < -0.39 is 11.4 Å². The van der Waals surface area contributed by atoms with Crippen molar-refractivity contribution in [2.45, 2.75) is 34.1 Å². The van der Waals surface area contributed by atoms with Gasteiger partial charge in [-0.2, -0.15) is 0 Å². The number of carboxylic acids is 1. The quantitative estimate of drug-likeness (QED) is 0.854. The van der Waals surface area contributed by atoms with E-state index in [9.17, 15) is 4.79 Å². The lowest BCUT2D eigenvalue weighted by atomic mass is 9.85. The fraction of sp³-hybridized carbons (Fsp3) is 0.400. The van der Waals surface area contributed by atoms with E-state index in [2.05, 4.69) is 12.1 Å². The highest BCUT2D eigenvalue weighted by Crippen LogP contribution is 2.26. The molecule has 0 bridgehead atoms. The van der Waals surface area contributed by atoms with Crippen LogP contribution >= 0.6 is 0 Å². The zero-order valence-electron chi connectivity index (χ0n) is 10.9. The number of rotatable bonds is 4. The van der Waals surface area contributed by atoms with Crippen molar-refractivity contribution in [1.82, 2.24) is 0 Å². The van der Waals surface area contributed by atoms with Crippen molar-refractivity contribution in [1.29, 1.82) is 0 Å². The van der Waals surface area contributed by atoms with Gasteiger partial charge in [0.25, 0.3) is 0 Å². The molecule has 0 saturated heterocycles. The molecule has 0 fully saturated rings. The van der Waals surface area contributed by atoms with Gasteiger partial charge in [-0.1, -0.05) is 41.5 Å². The van der Waals surface area contributed by atoms with Crippen molar-refractivity contribution in [2.24, 2.45) is 5.41 Å². The zero-order valence-corrected chi connectivity index (χ0v) is 10.9. The van der Waals surface area contributed by atoms with Gasteiger partial charge in [0.15, 0.2) is 0 Å². The number of carbonyl (C=O) groups is 1. The molecule has 17 heavy (non-hydrogen) atoms. The number of aryl methyl sites for hydroxylation is 1. The smallest absolute Gasteiger partial charge is 0.309 e. The highest BCUT2D eigenvalue weighted by atomic mass is 16.4. The van der Waals surface area contributed by atoms with E-state index in [0.29, 0.717) is 6.42 Å². The molecule has 0 unspecified atom stereocenters. The third-order valence-corrected chi connectivity index (χ3v) is 2.79. The van der Waals surface area contributed by atoms with E-state index in [1.54, 1.807) is 13.8 Å². The van der Waals surface area contributed by atoms with Crippen LogP contribution < -0.4 is 0 Å². The van der Waals surface area contributed by atoms with Crippen LogP contribution in [0.25, 0.3) is 6.08 Å². The fourth-order valence-electron chi connectivity index (χ4n) is 1.77. The molecule has 0 amide bonds. The van der Waals surface area contributed by atoms with Gasteiger partial charge in [0, 0.05) is 0 Å². The van der Waals surface area contributed by atoms with E-state index in [4.69, 9.17) is 5.11 Å². The van der Waals surface area contributed by atoms with Gasteiger partial charge in [-0.15, -0.1) is 0 Å². The Bertz CT molecular complexity index is 425. The monoisotopic (exact) mass is 232 g/mol. The Morgan fingerprint density at radius 2 is 1.82 bits per heavy atom. The maximum absolute atomic E-state index is 11.0. The summed E-state index contributed by atoms with van der Waals surface area (Å²) in [4.78, 5) is 11.0. The highest BCUT2D eigenvalue weighted by Gasteiger charge is 2.26. The van der Waals surface area contributed by atoms with Crippen molar-refractivity contribution >= 4 is 12.0 Å². The topological polar surface area (TPSA) is 37.3 Å². The first-order valence-electron chi connectivity index (χ1n) is 5.78. The summed E-state index contributed by atoms with van der Waals surface area (Å²) in [6, 6.07) is 8.21. The van der Waals surface area contributed by atoms with Crippen LogP contribution in [0.1, 0.15) is 38.3 Å². The van der Waals surface area contributed by atoms with Crippen LogP contribution in [0.15, 0.2) is 29.8 Å². The van der Waals surface area contributed by atoms with Gasteiger partial charge < -0.3 is 5.11 Å². The average Bonchev–Trinajstić information content (AvgIpc) is 2.20. The van der Waals surface area contributed by atoms with Crippen LogP contribution in [0, 0.1) is 12.3 Å². The molecular formula is C15H20O2. The molecule has 0 saturated carbocycles. The Labute approximate surface area is 103 Å². The molecule has 0 aromatic heterocycles. The molecular weight excluding hydrogens is 212 g/mol. The first kappa shape index (κ1) is 13.5. The van der Waals surface area contributed by atoms with Crippen LogP contribution in [0.5, 0.6) is 0 Å². The number of aliphatic carboxylic acids is 1. The Kier molecular flexibility index (Phi) is 4.11. The van der Waals surface area contributed by atoms with Crippen LogP contribution in [-0.2, 0) is 4.79 Å². The van der Waals surface area contributed by atoms with Crippen molar-refractivity contribution in [3.8, 4) is 0 Å². The summed E-state index contributed by atoms with van der Waals surface area (Å²) >= 11 is 0. The summed E-state index contributed by atoms with van der Waals surface area (Å²) in [7, 11) is 0. The Morgan fingerprint density at radius 3 is 2.29 bits per heavy atom. The third-order valence-electron chi connectivity index (χ3n) is 2.79. The van der Waals surface area contributed by atoms with Crippen molar-refractivity contribution in [3.05, 3.63) is 41.0 Å². The second kappa shape index (κ2) is 5.17. The van der Waals surface area contributed by atoms with Gasteiger partial charge >= 0.3 is 5.97 Å². The minimum absolute atomic E-state index is 0.566. The normalized spacial score (nSPS) is 12.6. The summed E-state index contributed by atoms with van der Waals surface area (Å²) in [6.45, 7) is 7.53. The predicted octanol–water partition coefficient (Wildman–Crippen LogP) is 3.90. The average molecular weight is 232 g/mol. The standard InChI is InChI=1S/C15H20O2/c1-11-5-7-13(8-6-11)9-12(2)10-15(3,4)14(16)17/h5-9H,10H2,1-4H3,(H,16,17). The summed E-state index contributed by atoms with van der Waals surface area (Å²) in [6.07, 6.45) is 2.61. The molecule has 1 rings (SSSR count). The molecule has 0 atom stereocenters. The first-order valence-corrected chi connectivity index (χ1v) is 5.78. The third kappa shape index (κ3) is 4.06. The van der Waals surface area contributed by atoms with Gasteiger partial charge in [0.2, 0.25) is 0 Å². The molecule has 0 spiro atoms. The lowest BCUT2D eigenvalue weighted by Gasteiger charge is -2.19. The van der Waals surface area contributed by atoms with E-state index in [1.165, 1.54) is 5.56 Å². The van der Waals surface area contributed by atoms with Gasteiger partial charge in [0.05, 0.1) is 5.41 Å². The van der Waals surface area contributed by atoms with Crippen LogP contribution in [0.2, 0.25) is 0 Å². The molecule has 92 valence electrons. The van der Waals surface area contributed by atoms with Crippen LogP contribution in [0.4, 0.5) is 0 Å². The molecule has 0 radical (unpaired) electrons. The van der Waals surface area contributed by atoms with Crippen molar-refractivity contribution in [2.75, 3.05) is 0 Å². The highest BCUT2D eigenvalue weighted by molar-refractivity contribution is 5.74. The maximum atomic E-state index is 11.0. The Hall–Kier alpha value is -1.57. The number of carboxylic acid groups (broad SMARTS) is 1. The second-order valence-electron chi connectivity index (χ2n) is 5.27. The summed E-state index contributed by atoms with van der Waals surface area (Å²) in [5, 5.41) is 9.07. The molecule has 0 aliphatic heterocycles. The molecule has 0 aliphatic rings. The van der Waals surface area contributed by atoms with Gasteiger partial charge in [-0.3, -0.25) is 4.79 Å². The summed E-state index contributed by atoms with van der Waals surface area (Å²) in [5.41, 5.74) is 2.73. The molecule has 1 N–H and O–H groups in total. The van der Waals surface area contributed by atoms with E-state index in [-0.39, 0.29) is 0 Å².